The molecule has 0 saturated carbocycles. The van der Waals surface area contributed by atoms with Crippen molar-refractivity contribution in [1.82, 2.24) is 20.1 Å². The molecule has 2 aliphatic heterocycles. The van der Waals surface area contributed by atoms with Crippen LogP contribution in [-0.4, -0.2) is 66.2 Å². The zero-order valence-electron chi connectivity index (χ0n) is 16.9. The van der Waals surface area contributed by atoms with Gasteiger partial charge in [-0.15, -0.1) is 11.3 Å². The quantitative estimate of drug-likeness (QED) is 0.632. The van der Waals surface area contributed by atoms with Gasteiger partial charge in [0.05, 0.1) is 31.0 Å². The second-order valence-corrected chi connectivity index (χ2v) is 8.78. The largest absolute Gasteiger partial charge is 0.373 e. The van der Waals surface area contributed by atoms with E-state index in [1.165, 1.54) is 10.4 Å². The van der Waals surface area contributed by atoms with Crippen molar-refractivity contribution in [2.75, 3.05) is 33.3 Å². The summed E-state index contributed by atoms with van der Waals surface area (Å²) in [5, 5.41) is 4.60. The maximum absolute atomic E-state index is 6.10. The molecule has 7 heteroatoms. The third-order valence-corrected chi connectivity index (χ3v) is 6.70. The van der Waals surface area contributed by atoms with Gasteiger partial charge in [-0.25, -0.2) is 4.98 Å². The Kier molecular flexibility index (Phi) is 5.94. The van der Waals surface area contributed by atoms with Crippen molar-refractivity contribution in [2.24, 2.45) is 4.99 Å². The molecule has 1 aromatic heterocycles. The van der Waals surface area contributed by atoms with E-state index in [-0.39, 0.29) is 6.10 Å². The van der Waals surface area contributed by atoms with Gasteiger partial charge in [-0.05, 0) is 19.4 Å². The number of ether oxygens (including phenoxy) is 1. The van der Waals surface area contributed by atoms with E-state index in [0.29, 0.717) is 12.6 Å². The lowest BCUT2D eigenvalue weighted by Gasteiger charge is -2.36. The van der Waals surface area contributed by atoms with Crippen LogP contribution in [0.25, 0.3) is 0 Å². The number of fused-ring (bicyclic) bond motifs is 1. The van der Waals surface area contributed by atoms with Crippen LogP contribution in [0.1, 0.15) is 21.1 Å². The molecule has 0 radical (unpaired) electrons. The summed E-state index contributed by atoms with van der Waals surface area (Å²) in [5.74, 6) is 0.933. The molecule has 2 unspecified atom stereocenters. The van der Waals surface area contributed by atoms with Crippen molar-refractivity contribution >= 4 is 17.3 Å². The number of aryl methyl sites for hydroxylation is 2. The fourth-order valence-corrected chi connectivity index (χ4v) is 4.92. The van der Waals surface area contributed by atoms with E-state index in [1.54, 1.807) is 11.3 Å². The van der Waals surface area contributed by atoms with Crippen LogP contribution < -0.4 is 5.32 Å². The first-order chi connectivity index (χ1) is 13.6. The van der Waals surface area contributed by atoms with Crippen LogP contribution in [0.15, 0.2) is 35.3 Å². The third kappa shape index (κ3) is 4.21. The van der Waals surface area contributed by atoms with Crippen LogP contribution in [0.2, 0.25) is 0 Å². The van der Waals surface area contributed by atoms with Gasteiger partial charge in [-0.2, -0.15) is 0 Å². The molecule has 1 aromatic carbocycles. The van der Waals surface area contributed by atoms with Gasteiger partial charge in [0.25, 0.3) is 0 Å². The molecule has 4 rings (SSSR count). The summed E-state index contributed by atoms with van der Waals surface area (Å²) < 4.78 is 6.10. The maximum atomic E-state index is 6.10. The van der Waals surface area contributed by atoms with E-state index in [4.69, 9.17) is 4.74 Å². The fourth-order valence-electron chi connectivity index (χ4n) is 4.05. The highest BCUT2D eigenvalue weighted by Crippen LogP contribution is 2.25. The molecule has 2 saturated heterocycles. The summed E-state index contributed by atoms with van der Waals surface area (Å²) in [4.78, 5) is 15.3. The van der Waals surface area contributed by atoms with Crippen molar-refractivity contribution in [1.29, 1.82) is 0 Å². The Morgan fingerprint density at radius 1 is 1.29 bits per heavy atom. The molecule has 150 valence electrons. The molecular formula is C21H29N5OS. The predicted molar refractivity (Wildman–Crippen MR) is 114 cm³/mol. The van der Waals surface area contributed by atoms with Crippen LogP contribution in [-0.2, 0) is 17.8 Å². The number of hydrogen-bond acceptors (Lipinski definition) is 5. The summed E-state index contributed by atoms with van der Waals surface area (Å²) >= 11 is 1.75. The minimum absolute atomic E-state index is 0.236. The lowest BCUT2D eigenvalue weighted by Crippen LogP contribution is -2.50. The number of thiazole rings is 1. The molecule has 2 fully saturated rings. The van der Waals surface area contributed by atoms with E-state index < -0.39 is 0 Å². The zero-order valence-corrected chi connectivity index (χ0v) is 17.7. The number of rotatable bonds is 4. The first-order valence-electron chi connectivity index (χ1n) is 9.92. The zero-order chi connectivity index (χ0) is 19.5. The Labute approximate surface area is 171 Å². The first-order valence-corrected chi connectivity index (χ1v) is 10.7. The molecule has 6 nitrogen and oxygen atoms in total. The van der Waals surface area contributed by atoms with Gasteiger partial charge in [-0.3, -0.25) is 9.89 Å². The monoisotopic (exact) mass is 399 g/mol. The van der Waals surface area contributed by atoms with Crippen molar-refractivity contribution in [3.05, 3.63) is 51.5 Å². The molecular weight excluding hydrogens is 370 g/mol. The lowest BCUT2D eigenvalue weighted by atomic mass is 10.1. The van der Waals surface area contributed by atoms with Crippen molar-refractivity contribution in [2.45, 2.75) is 39.1 Å². The summed E-state index contributed by atoms with van der Waals surface area (Å²) in [6, 6.07) is 11.1. The molecule has 3 heterocycles. The van der Waals surface area contributed by atoms with E-state index in [2.05, 4.69) is 69.3 Å². The summed E-state index contributed by atoms with van der Waals surface area (Å²) in [6.45, 7) is 9.47. The number of hydrogen-bond donors (Lipinski definition) is 1. The Morgan fingerprint density at radius 3 is 2.82 bits per heavy atom. The number of guanidine groups is 1. The number of likely N-dealkylation sites (tertiary alicyclic amines) is 1. The van der Waals surface area contributed by atoms with Gasteiger partial charge in [0.15, 0.2) is 5.96 Å². The topological polar surface area (TPSA) is 53.0 Å². The number of aliphatic imine (C=N–C) groups is 1. The standard InChI is InChI=1S/C21H29N5OS/c1-15-16(2)28-20(24-15)11-23-21(22-3)26-13-18-19(14-26)27-10-9-25(18)12-17-7-5-4-6-8-17/h4-8,18-19H,9-14H2,1-3H3,(H,22,23). The third-order valence-electron chi connectivity index (χ3n) is 5.63. The van der Waals surface area contributed by atoms with Gasteiger partial charge in [0, 0.05) is 38.1 Å². The van der Waals surface area contributed by atoms with Gasteiger partial charge in [0.2, 0.25) is 0 Å². The average molecular weight is 400 g/mol. The molecule has 2 aliphatic rings. The summed E-state index contributed by atoms with van der Waals surface area (Å²) in [5.41, 5.74) is 2.48. The maximum Gasteiger partial charge on any atom is 0.194 e. The predicted octanol–water partition coefficient (Wildman–Crippen LogP) is 2.42. The van der Waals surface area contributed by atoms with Gasteiger partial charge in [-0.1, -0.05) is 30.3 Å². The highest BCUT2D eigenvalue weighted by atomic mass is 32.1. The van der Waals surface area contributed by atoms with Crippen LogP contribution in [0.3, 0.4) is 0 Å². The van der Waals surface area contributed by atoms with E-state index in [9.17, 15) is 0 Å². The molecule has 2 atom stereocenters. The molecule has 0 aliphatic carbocycles. The van der Waals surface area contributed by atoms with Gasteiger partial charge < -0.3 is 15.0 Å². The number of benzene rings is 1. The number of nitrogens with one attached hydrogen (secondary N) is 1. The van der Waals surface area contributed by atoms with Crippen molar-refractivity contribution < 1.29 is 4.74 Å². The highest BCUT2D eigenvalue weighted by Gasteiger charge is 2.41. The minimum atomic E-state index is 0.236. The average Bonchev–Trinajstić information content (AvgIpc) is 3.27. The van der Waals surface area contributed by atoms with Crippen molar-refractivity contribution in [3.63, 3.8) is 0 Å². The van der Waals surface area contributed by atoms with Crippen LogP contribution >= 0.6 is 11.3 Å². The molecule has 2 aromatic rings. The van der Waals surface area contributed by atoms with Crippen LogP contribution in [0.5, 0.6) is 0 Å². The highest BCUT2D eigenvalue weighted by molar-refractivity contribution is 7.11. The molecule has 0 spiro atoms. The molecule has 1 N–H and O–H groups in total. The van der Waals surface area contributed by atoms with E-state index in [1.807, 2.05) is 7.05 Å². The Balaban J connectivity index is 1.39. The lowest BCUT2D eigenvalue weighted by molar-refractivity contribution is -0.0502. The Hall–Kier alpha value is -1.96. The van der Waals surface area contributed by atoms with Gasteiger partial charge in [0.1, 0.15) is 5.01 Å². The molecule has 28 heavy (non-hydrogen) atoms. The van der Waals surface area contributed by atoms with E-state index in [0.717, 1.165) is 49.4 Å². The molecule has 0 amide bonds. The molecule has 0 bridgehead atoms. The van der Waals surface area contributed by atoms with Crippen LogP contribution in [0, 0.1) is 13.8 Å². The fraction of sp³-hybridized carbons (Fsp3) is 0.524. The van der Waals surface area contributed by atoms with E-state index >= 15 is 0 Å². The Morgan fingerprint density at radius 2 is 2.11 bits per heavy atom. The number of aromatic nitrogens is 1. The number of nitrogens with zero attached hydrogens (tertiary/aromatic N) is 4. The number of morpholine rings is 1. The first kappa shape index (κ1) is 19.4. The summed E-state index contributed by atoms with van der Waals surface area (Å²) in [7, 11) is 1.85. The second kappa shape index (κ2) is 8.59. The second-order valence-electron chi connectivity index (χ2n) is 7.49. The van der Waals surface area contributed by atoms with Crippen molar-refractivity contribution in [3.8, 4) is 0 Å². The normalized spacial score (nSPS) is 23.1. The minimum Gasteiger partial charge on any atom is -0.373 e. The SMILES string of the molecule is CN=C(NCc1nc(C)c(C)s1)N1CC2OCCN(Cc3ccccc3)C2C1. The smallest absolute Gasteiger partial charge is 0.194 e. The Bertz CT molecular complexity index is 802. The van der Waals surface area contributed by atoms with Crippen LogP contribution in [0.4, 0.5) is 0 Å². The van der Waals surface area contributed by atoms with Gasteiger partial charge >= 0.3 is 0 Å². The summed E-state index contributed by atoms with van der Waals surface area (Å²) in [6.07, 6.45) is 0.236.